The number of carbonyl (C=O) groups excluding carboxylic acids is 2. The highest BCUT2D eigenvalue weighted by Crippen LogP contribution is 2.20. The Morgan fingerprint density at radius 1 is 1.53 bits per heavy atom. The van der Waals surface area contributed by atoms with Gasteiger partial charge in [-0.1, -0.05) is 0 Å². The normalized spacial score (nSPS) is 24.1. The van der Waals surface area contributed by atoms with Crippen molar-refractivity contribution in [2.24, 2.45) is 0 Å². The van der Waals surface area contributed by atoms with Gasteiger partial charge in [0.2, 0.25) is 5.91 Å². The van der Waals surface area contributed by atoms with Crippen LogP contribution >= 0.6 is 0 Å². The van der Waals surface area contributed by atoms with Crippen molar-refractivity contribution in [2.45, 2.75) is 32.2 Å². The molecule has 0 aromatic rings. The van der Waals surface area contributed by atoms with Gasteiger partial charge in [-0.3, -0.25) is 9.59 Å². The standard InChI is InChI=1S/C11H18N2O2/c1-8(14)12-10-4-5-11(15)9(6-10)7-13(2)3/h7,10H,4-6H2,1-3H3,(H,12,14)/b9-7+/t10-/m0/s1. The number of amides is 1. The molecule has 4 nitrogen and oxygen atoms in total. The summed E-state index contributed by atoms with van der Waals surface area (Å²) in [6.07, 6.45) is 3.78. The van der Waals surface area contributed by atoms with Crippen molar-refractivity contribution in [3.05, 3.63) is 11.8 Å². The number of ketones is 1. The third-order valence-corrected chi connectivity index (χ3v) is 2.37. The zero-order valence-corrected chi connectivity index (χ0v) is 9.54. The molecule has 4 heteroatoms. The number of carbonyl (C=O) groups is 2. The van der Waals surface area contributed by atoms with Crippen molar-refractivity contribution in [1.29, 1.82) is 0 Å². The van der Waals surface area contributed by atoms with Crippen LogP contribution in [0.25, 0.3) is 0 Å². The molecule has 1 rings (SSSR count). The summed E-state index contributed by atoms with van der Waals surface area (Å²) in [4.78, 5) is 24.3. The molecule has 1 saturated carbocycles. The van der Waals surface area contributed by atoms with E-state index in [1.807, 2.05) is 25.2 Å². The molecule has 0 radical (unpaired) electrons. The quantitative estimate of drug-likeness (QED) is 0.682. The van der Waals surface area contributed by atoms with Crippen LogP contribution in [0.1, 0.15) is 26.2 Å². The highest BCUT2D eigenvalue weighted by molar-refractivity contribution is 5.96. The highest BCUT2D eigenvalue weighted by Gasteiger charge is 2.23. The lowest BCUT2D eigenvalue weighted by Gasteiger charge is -2.24. The first-order valence-corrected chi connectivity index (χ1v) is 5.16. The lowest BCUT2D eigenvalue weighted by molar-refractivity contribution is -0.121. The van der Waals surface area contributed by atoms with Gasteiger partial charge in [0.15, 0.2) is 5.78 Å². The fourth-order valence-corrected chi connectivity index (χ4v) is 1.79. The molecule has 0 saturated heterocycles. The van der Waals surface area contributed by atoms with Gasteiger partial charge in [-0.2, -0.15) is 0 Å². The lowest BCUT2D eigenvalue weighted by atomic mass is 9.90. The molecule has 0 bridgehead atoms. The largest absolute Gasteiger partial charge is 0.383 e. The number of hydrogen-bond acceptors (Lipinski definition) is 3. The van der Waals surface area contributed by atoms with Crippen LogP contribution in [-0.2, 0) is 9.59 Å². The Hall–Kier alpha value is -1.32. The summed E-state index contributed by atoms with van der Waals surface area (Å²) in [6.45, 7) is 1.51. The second-order valence-corrected chi connectivity index (χ2v) is 4.18. The van der Waals surface area contributed by atoms with Gasteiger partial charge in [-0.15, -0.1) is 0 Å². The van der Waals surface area contributed by atoms with E-state index in [-0.39, 0.29) is 17.7 Å². The second kappa shape index (κ2) is 4.96. The van der Waals surface area contributed by atoms with Gasteiger partial charge in [0, 0.05) is 45.3 Å². The lowest BCUT2D eigenvalue weighted by Crippen LogP contribution is -2.37. The number of rotatable bonds is 2. The minimum absolute atomic E-state index is 0.0291. The molecule has 1 aliphatic carbocycles. The maximum absolute atomic E-state index is 11.6. The Morgan fingerprint density at radius 3 is 2.73 bits per heavy atom. The van der Waals surface area contributed by atoms with E-state index >= 15 is 0 Å². The van der Waals surface area contributed by atoms with Gasteiger partial charge in [0.1, 0.15) is 0 Å². The third-order valence-electron chi connectivity index (χ3n) is 2.37. The van der Waals surface area contributed by atoms with Gasteiger partial charge in [0.25, 0.3) is 0 Å². The third kappa shape index (κ3) is 3.73. The smallest absolute Gasteiger partial charge is 0.217 e. The molecular formula is C11H18N2O2. The first kappa shape index (κ1) is 11.8. The topological polar surface area (TPSA) is 49.4 Å². The minimum Gasteiger partial charge on any atom is -0.383 e. The summed E-state index contributed by atoms with van der Waals surface area (Å²) in [7, 11) is 3.78. The molecule has 1 fully saturated rings. The van der Waals surface area contributed by atoms with Crippen LogP contribution in [0.15, 0.2) is 11.8 Å². The fraction of sp³-hybridized carbons (Fsp3) is 0.636. The van der Waals surface area contributed by atoms with E-state index in [1.54, 1.807) is 0 Å². The molecule has 0 aromatic heterocycles. The molecule has 84 valence electrons. The van der Waals surface area contributed by atoms with Crippen LogP contribution in [0.4, 0.5) is 0 Å². The first-order chi connectivity index (χ1) is 6.99. The van der Waals surface area contributed by atoms with Crippen LogP contribution in [-0.4, -0.2) is 36.7 Å². The monoisotopic (exact) mass is 210 g/mol. The first-order valence-electron chi connectivity index (χ1n) is 5.16. The van der Waals surface area contributed by atoms with Crippen molar-refractivity contribution in [3.63, 3.8) is 0 Å². The number of nitrogens with zero attached hydrogens (tertiary/aromatic N) is 1. The molecule has 15 heavy (non-hydrogen) atoms. The van der Waals surface area contributed by atoms with Gasteiger partial charge in [-0.05, 0) is 12.8 Å². The van der Waals surface area contributed by atoms with Crippen LogP contribution < -0.4 is 5.32 Å². The Labute approximate surface area is 90.3 Å². The summed E-state index contributed by atoms with van der Waals surface area (Å²) in [6, 6.07) is 0.117. The summed E-state index contributed by atoms with van der Waals surface area (Å²) in [5.41, 5.74) is 0.810. The SMILES string of the molecule is CC(=O)N[C@H]1CCC(=O)/C(=C/N(C)C)C1. The maximum Gasteiger partial charge on any atom is 0.217 e. The summed E-state index contributed by atoms with van der Waals surface area (Å²) in [5, 5.41) is 2.85. The molecule has 1 amide bonds. The van der Waals surface area contributed by atoms with Crippen molar-refractivity contribution in [2.75, 3.05) is 14.1 Å². The molecule has 1 atom stereocenters. The van der Waals surface area contributed by atoms with Gasteiger partial charge in [-0.25, -0.2) is 0 Å². The molecule has 0 unspecified atom stereocenters. The number of Topliss-reactive ketones (excluding diaryl/α,β-unsaturated/α-hetero) is 1. The van der Waals surface area contributed by atoms with E-state index in [9.17, 15) is 9.59 Å². The van der Waals surface area contributed by atoms with Crippen molar-refractivity contribution in [3.8, 4) is 0 Å². The number of nitrogens with one attached hydrogen (secondary N) is 1. The molecule has 1 aliphatic rings. The molecule has 0 heterocycles. The van der Waals surface area contributed by atoms with E-state index in [1.165, 1.54) is 6.92 Å². The average Bonchev–Trinajstić information content (AvgIpc) is 2.09. The van der Waals surface area contributed by atoms with Gasteiger partial charge >= 0.3 is 0 Å². The highest BCUT2D eigenvalue weighted by atomic mass is 16.1. The van der Waals surface area contributed by atoms with Crippen LogP contribution in [0.3, 0.4) is 0 Å². The zero-order chi connectivity index (χ0) is 11.4. The Kier molecular flexibility index (Phi) is 3.88. The van der Waals surface area contributed by atoms with E-state index in [2.05, 4.69) is 5.32 Å². The Morgan fingerprint density at radius 2 is 2.20 bits per heavy atom. The summed E-state index contributed by atoms with van der Waals surface area (Å²) < 4.78 is 0. The second-order valence-electron chi connectivity index (χ2n) is 4.18. The predicted molar refractivity (Wildman–Crippen MR) is 58.2 cm³/mol. The maximum atomic E-state index is 11.6. The molecular weight excluding hydrogens is 192 g/mol. The Balaban J connectivity index is 2.64. The predicted octanol–water partition coefficient (Wildman–Crippen LogP) is 0.690. The van der Waals surface area contributed by atoms with Crippen LogP contribution in [0.5, 0.6) is 0 Å². The van der Waals surface area contributed by atoms with Crippen molar-refractivity contribution in [1.82, 2.24) is 10.2 Å². The van der Waals surface area contributed by atoms with Gasteiger partial charge < -0.3 is 10.2 Å². The van der Waals surface area contributed by atoms with E-state index in [0.717, 1.165) is 12.0 Å². The zero-order valence-electron chi connectivity index (χ0n) is 9.54. The fourth-order valence-electron chi connectivity index (χ4n) is 1.79. The molecule has 0 aromatic carbocycles. The van der Waals surface area contributed by atoms with Crippen LogP contribution in [0, 0.1) is 0 Å². The minimum atomic E-state index is -0.0291. The molecule has 1 N–H and O–H groups in total. The van der Waals surface area contributed by atoms with E-state index < -0.39 is 0 Å². The van der Waals surface area contributed by atoms with Crippen LogP contribution in [0.2, 0.25) is 0 Å². The summed E-state index contributed by atoms with van der Waals surface area (Å²) >= 11 is 0. The average molecular weight is 210 g/mol. The van der Waals surface area contributed by atoms with E-state index in [4.69, 9.17) is 0 Å². The van der Waals surface area contributed by atoms with Crippen molar-refractivity contribution >= 4 is 11.7 Å². The van der Waals surface area contributed by atoms with Crippen molar-refractivity contribution < 1.29 is 9.59 Å². The molecule has 0 aliphatic heterocycles. The Bertz CT molecular complexity index is 295. The van der Waals surface area contributed by atoms with Gasteiger partial charge in [0.05, 0.1) is 0 Å². The number of hydrogen-bond donors (Lipinski definition) is 1. The summed E-state index contributed by atoms with van der Waals surface area (Å²) in [5.74, 6) is 0.170. The van der Waals surface area contributed by atoms with E-state index in [0.29, 0.717) is 12.8 Å². The molecule has 0 spiro atoms.